The van der Waals surface area contributed by atoms with Crippen LogP contribution in [0.4, 0.5) is 0 Å². The van der Waals surface area contributed by atoms with Crippen molar-refractivity contribution in [2.24, 2.45) is 21.7 Å². The van der Waals surface area contributed by atoms with E-state index in [0.29, 0.717) is 0 Å². The first-order valence-electron chi connectivity index (χ1n) is 10.6. The summed E-state index contributed by atoms with van der Waals surface area (Å²) in [5.41, 5.74) is 12.3. The highest BCUT2D eigenvalue weighted by molar-refractivity contribution is 8.15. The maximum absolute atomic E-state index is 11.4. The van der Waals surface area contributed by atoms with Gasteiger partial charge in [-0.3, -0.25) is 20.1 Å². The molecule has 8 nitrogen and oxygen atoms in total. The number of aliphatic imine (C=N–C) groups is 1. The molecule has 2 aliphatic heterocycles. The number of hydrogen-bond acceptors (Lipinski definition) is 7. The number of morpholine rings is 1. The van der Waals surface area contributed by atoms with Gasteiger partial charge in [-0.1, -0.05) is 31.3 Å². The van der Waals surface area contributed by atoms with E-state index in [-0.39, 0.29) is 12.1 Å². The van der Waals surface area contributed by atoms with Gasteiger partial charge in [0, 0.05) is 36.5 Å². The molecule has 1 aromatic rings. The van der Waals surface area contributed by atoms with Crippen LogP contribution in [0, 0.1) is 5.92 Å². The predicted molar refractivity (Wildman–Crippen MR) is 128 cm³/mol. The number of H-pyrrole nitrogens is 1. The molecule has 3 atom stereocenters. The lowest BCUT2D eigenvalue weighted by Gasteiger charge is -2.30. The van der Waals surface area contributed by atoms with Crippen molar-refractivity contribution in [3.63, 3.8) is 0 Å². The Hall–Kier alpha value is -2.36. The third-order valence-electron chi connectivity index (χ3n) is 5.45. The van der Waals surface area contributed by atoms with Crippen LogP contribution < -0.4 is 11.2 Å². The van der Waals surface area contributed by atoms with Gasteiger partial charge in [0.25, 0.3) is 5.91 Å². The van der Waals surface area contributed by atoms with E-state index in [9.17, 15) is 4.79 Å². The van der Waals surface area contributed by atoms with Crippen LogP contribution in [0.15, 0.2) is 35.0 Å². The molecule has 1 amide bonds. The monoisotopic (exact) mass is 444 g/mol. The maximum Gasteiger partial charge on any atom is 0.252 e. The molecule has 3 heterocycles. The quantitative estimate of drug-likeness (QED) is 0.507. The molecule has 0 bridgehead atoms. The predicted octanol–water partition coefficient (Wildman–Crippen LogP) is 2.34. The Morgan fingerprint density at radius 2 is 2.23 bits per heavy atom. The third-order valence-corrected chi connectivity index (χ3v) is 6.76. The fraction of sp³-hybridized carbons (Fsp3) is 0.500. The normalized spacial score (nSPS) is 22.2. The van der Waals surface area contributed by atoms with Crippen molar-refractivity contribution >= 4 is 34.5 Å². The summed E-state index contributed by atoms with van der Waals surface area (Å²) in [5.74, 6) is -0.303. The fourth-order valence-electron chi connectivity index (χ4n) is 3.73. The van der Waals surface area contributed by atoms with Crippen molar-refractivity contribution in [3.8, 4) is 0 Å². The standard InChI is InChI=1S/C22H32N6O2S/c1-5-7-19(25-15(4)28-8-10-30-11-9-28)17-13-24-18(6-2)16(17)12-14(3)21-26-27-22(31-21)20(23)29/h5-7,13-15,22,24,27H,2,8-12H2,1,3-4H3,(H2,23,29)/b7-5-,25-19?. The number of primary amides is 1. The molecule has 3 rings (SSSR count). The van der Waals surface area contributed by atoms with E-state index in [1.54, 1.807) is 0 Å². The van der Waals surface area contributed by atoms with Gasteiger partial charge in [-0.2, -0.15) is 5.10 Å². The van der Waals surface area contributed by atoms with Gasteiger partial charge in [0.1, 0.15) is 0 Å². The van der Waals surface area contributed by atoms with Crippen LogP contribution in [0.2, 0.25) is 0 Å². The van der Waals surface area contributed by atoms with Crippen molar-refractivity contribution in [2.45, 2.75) is 38.7 Å². The summed E-state index contributed by atoms with van der Waals surface area (Å²) in [6.07, 6.45) is 8.68. The van der Waals surface area contributed by atoms with Gasteiger partial charge >= 0.3 is 0 Å². The number of nitrogens with zero attached hydrogens (tertiary/aromatic N) is 3. The van der Waals surface area contributed by atoms with Crippen molar-refractivity contribution in [1.29, 1.82) is 0 Å². The number of nitrogens with two attached hydrogens (primary N) is 1. The van der Waals surface area contributed by atoms with Crippen molar-refractivity contribution < 1.29 is 9.53 Å². The number of hydrazone groups is 1. The first-order chi connectivity index (χ1) is 14.9. The highest BCUT2D eigenvalue weighted by Gasteiger charge is 2.28. The minimum Gasteiger partial charge on any atom is -0.379 e. The van der Waals surface area contributed by atoms with Gasteiger partial charge in [0.2, 0.25) is 0 Å². The van der Waals surface area contributed by atoms with Crippen molar-refractivity contribution in [1.82, 2.24) is 15.3 Å². The molecule has 1 aromatic heterocycles. The molecule has 2 aliphatic rings. The number of thioether (sulfide) groups is 1. The Kier molecular flexibility index (Phi) is 8.11. The van der Waals surface area contributed by atoms with E-state index in [4.69, 9.17) is 15.5 Å². The molecular formula is C22H32N6O2S. The Morgan fingerprint density at radius 1 is 1.48 bits per heavy atom. The molecule has 3 unspecified atom stereocenters. The zero-order valence-electron chi connectivity index (χ0n) is 18.4. The van der Waals surface area contributed by atoms with Crippen molar-refractivity contribution in [3.05, 3.63) is 41.7 Å². The highest BCUT2D eigenvalue weighted by atomic mass is 32.2. The van der Waals surface area contributed by atoms with Crippen LogP contribution in [0.1, 0.15) is 37.6 Å². The fourth-order valence-corrected chi connectivity index (χ4v) is 4.62. The first kappa shape index (κ1) is 23.3. The van der Waals surface area contributed by atoms with Gasteiger partial charge in [0.15, 0.2) is 5.37 Å². The molecule has 0 saturated carbocycles. The number of nitrogens with one attached hydrogen (secondary N) is 2. The second kappa shape index (κ2) is 10.8. The van der Waals surface area contributed by atoms with Crippen LogP contribution in [0.3, 0.4) is 0 Å². The van der Waals surface area contributed by atoms with E-state index in [1.807, 2.05) is 31.3 Å². The second-order valence-electron chi connectivity index (χ2n) is 7.68. The molecule has 0 radical (unpaired) electrons. The van der Waals surface area contributed by atoms with Gasteiger partial charge in [-0.15, -0.1) is 0 Å². The smallest absolute Gasteiger partial charge is 0.252 e. The number of aromatic nitrogens is 1. The lowest BCUT2D eigenvalue weighted by molar-refractivity contribution is -0.117. The number of ether oxygens (including phenoxy) is 1. The molecule has 31 heavy (non-hydrogen) atoms. The zero-order valence-corrected chi connectivity index (χ0v) is 19.2. The summed E-state index contributed by atoms with van der Waals surface area (Å²) in [6, 6.07) is 0. The lowest BCUT2D eigenvalue weighted by Crippen LogP contribution is -2.41. The number of carbonyl (C=O) groups excluding carboxylic acids is 1. The molecule has 0 aliphatic carbocycles. The average Bonchev–Trinajstić information content (AvgIpc) is 3.41. The summed E-state index contributed by atoms with van der Waals surface area (Å²) in [5, 5.41) is 4.69. The molecular weight excluding hydrogens is 412 g/mol. The Labute approximate surface area is 188 Å². The topological polar surface area (TPSA) is 108 Å². The number of hydrogen-bond donors (Lipinski definition) is 3. The SMILES string of the molecule is C=Cc1[nH]cc(C(/C=C\C)=NC(C)N2CCOCC2)c1CC(C)C1=NNC(C(N)=O)S1. The van der Waals surface area contributed by atoms with Crippen LogP contribution in [0.5, 0.6) is 0 Å². The Morgan fingerprint density at radius 3 is 2.84 bits per heavy atom. The van der Waals surface area contributed by atoms with Crippen molar-refractivity contribution in [2.75, 3.05) is 26.3 Å². The lowest BCUT2D eigenvalue weighted by atomic mass is 9.96. The summed E-state index contributed by atoms with van der Waals surface area (Å²) >= 11 is 1.38. The van der Waals surface area contributed by atoms with E-state index in [2.05, 4.69) is 40.8 Å². The maximum atomic E-state index is 11.4. The Balaban J connectivity index is 1.85. The van der Waals surface area contributed by atoms with Gasteiger partial charge in [-0.05, 0) is 38.0 Å². The summed E-state index contributed by atoms with van der Waals surface area (Å²) < 4.78 is 5.47. The van der Waals surface area contributed by atoms with Gasteiger partial charge in [0.05, 0.1) is 30.1 Å². The first-order valence-corrected chi connectivity index (χ1v) is 11.5. The van der Waals surface area contributed by atoms with Crippen LogP contribution in [-0.4, -0.2) is 64.4 Å². The van der Waals surface area contributed by atoms with E-state index in [1.165, 1.54) is 11.8 Å². The molecule has 168 valence electrons. The Bertz CT molecular complexity index is 885. The molecule has 1 fully saturated rings. The van der Waals surface area contributed by atoms with Crippen LogP contribution >= 0.6 is 11.8 Å². The van der Waals surface area contributed by atoms with E-state index >= 15 is 0 Å². The number of aromatic amines is 1. The summed E-state index contributed by atoms with van der Waals surface area (Å²) in [7, 11) is 0. The van der Waals surface area contributed by atoms with Gasteiger partial charge < -0.3 is 15.5 Å². The molecule has 1 saturated heterocycles. The minimum absolute atomic E-state index is 0.0535. The molecule has 0 spiro atoms. The second-order valence-corrected chi connectivity index (χ2v) is 8.80. The minimum atomic E-state index is -0.503. The number of amides is 1. The number of allylic oxidation sites excluding steroid dienone is 2. The molecule has 4 N–H and O–H groups in total. The van der Waals surface area contributed by atoms with E-state index < -0.39 is 11.3 Å². The molecule has 9 heteroatoms. The highest BCUT2D eigenvalue weighted by Crippen LogP contribution is 2.28. The summed E-state index contributed by atoms with van der Waals surface area (Å²) in [4.78, 5) is 22.2. The third kappa shape index (κ3) is 5.66. The number of carbonyl (C=O) groups is 1. The number of rotatable bonds is 9. The van der Waals surface area contributed by atoms with Gasteiger partial charge in [-0.25, -0.2) is 0 Å². The van der Waals surface area contributed by atoms with Crippen LogP contribution in [0.25, 0.3) is 6.08 Å². The van der Waals surface area contributed by atoms with E-state index in [0.717, 1.165) is 60.3 Å². The zero-order chi connectivity index (χ0) is 22.4. The average molecular weight is 445 g/mol. The summed E-state index contributed by atoms with van der Waals surface area (Å²) in [6.45, 7) is 13.4. The molecule has 0 aromatic carbocycles. The largest absolute Gasteiger partial charge is 0.379 e. The van der Waals surface area contributed by atoms with Crippen LogP contribution in [-0.2, 0) is 16.0 Å².